The van der Waals surface area contributed by atoms with E-state index in [1.807, 2.05) is 18.2 Å². The Balaban J connectivity index is 2.91. The van der Waals surface area contributed by atoms with Gasteiger partial charge in [0.15, 0.2) is 0 Å². The van der Waals surface area contributed by atoms with Crippen molar-refractivity contribution >= 4 is 0 Å². The van der Waals surface area contributed by atoms with Gasteiger partial charge in [0.05, 0.1) is 0 Å². The van der Waals surface area contributed by atoms with Crippen LogP contribution in [0.2, 0.25) is 0 Å². The van der Waals surface area contributed by atoms with Crippen LogP contribution in [0.5, 0.6) is 0 Å². The van der Waals surface area contributed by atoms with Gasteiger partial charge in [-0.3, -0.25) is 0 Å². The van der Waals surface area contributed by atoms with E-state index < -0.39 is 6.17 Å². The molecule has 1 unspecified atom stereocenters. The molecule has 1 atom stereocenters. The van der Waals surface area contributed by atoms with E-state index in [9.17, 15) is 4.39 Å². The summed E-state index contributed by atoms with van der Waals surface area (Å²) in [6, 6.07) is 7.57. The molecule has 0 heterocycles. The van der Waals surface area contributed by atoms with Gasteiger partial charge in [-0.2, -0.15) is 0 Å². The Kier molecular flexibility index (Phi) is 3.43. The lowest BCUT2D eigenvalue weighted by atomic mass is 9.99. The average molecular weight is 181 g/mol. The first-order valence-corrected chi connectivity index (χ1v) is 4.59. The zero-order valence-electron chi connectivity index (χ0n) is 8.13. The highest BCUT2D eigenvalue weighted by Gasteiger charge is 2.08. The van der Waals surface area contributed by atoms with Crippen LogP contribution < -0.4 is 5.73 Å². The molecule has 1 aromatic carbocycles. The summed E-state index contributed by atoms with van der Waals surface area (Å²) in [6.45, 7) is 4.24. The quantitative estimate of drug-likeness (QED) is 0.762. The summed E-state index contributed by atoms with van der Waals surface area (Å²) in [5, 5.41) is 0. The molecule has 0 bridgehead atoms. The van der Waals surface area contributed by atoms with Gasteiger partial charge in [-0.15, -0.1) is 0 Å². The normalized spacial score (nSPS) is 13.3. The molecule has 0 aromatic heterocycles. The summed E-state index contributed by atoms with van der Waals surface area (Å²) in [7, 11) is 0. The van der Waals surface area contributed by atoms with Crippen LogP contribution in [0.1, 0.15) is 37.1 Å². The molecule has 0 spiro atoms. The first-order chi connectivity index (χ1) is 6.15. The number of nitrogens with two attached hydrogens (primary N) is 1. The van der Waals surface area contributed by atoms with Crippen molar-refractivity contribution < 1.29 is 4.39 Å². The molecule has 0 radical (unpaired) electrons. The SMILES string of the molecule is CC(C)c1cccc(C(F)CN)c1. The van der Waals surface area contributed by atoms with Gasteiger partial charge in [0.2, 0.25) is 0 Å². The zero-order chi connectivity index (χ0) is 9.84. The average Bonchev–Trinajstić information content (AvgIpc) is 2.17. The van der Waals surface area contributed by atoms with Crippen LogP contribution in [-0.2, 0) is 0 Å². The number of alkyl halides is 1. The van der Waals surface area contributed by atoms with E-state index in [0.29, 0.717) is 11.5 Å². The first-order valence-electron chi connectivity index (χ1n) is 4.59. The van der Waals surface area contributed by atoms with Crippen molar-refractivity contribution in [2.24, 2.45) is 5.73 Å². The summed E-state index contributed by atoms with van der Waals surface area (Å²) in [6.07, 6.45) is -1.03. The Morgan fingerprint density at radius 1 is 1.31 bits per heavy atom. The molecule has 0 aliphatic heterocycles. The van der Waals surface area contributed by atoms with Gasteiger partial charge in [0.1, 0.15) is 6.17 Å². The zero-order valence-corrected chi connectivity index (χ0v) is 8.13. The fraction of sp³-hybridized carbons (Fsp3) is 0.455. The van der Waals surface area contributed by atoms with Gasteiger partial charge in [-0.05, 0) is 17.0 Å². The van der Waals surface area contributed by atoms with Gasteiger partial charge in [0.25, 0.3) is 0 Å². The molecule has 0 aliphatic rings. The summed E-state index contributed by atoms with van der Waals surface area (Å²) in [4.78, 5) is 0. The van der Waals surface area contributed by atoms with Crippen LogP contribution in [0.3, 0.4) is 0 Å². The van der Waals surface area contributed by atoms with Gasteiger partial charge < -0.3 is 5.73 Å². The highest BCUT2D eigenvalue weighted by molar-refractivity contribution is 5.27. The number of benzene rings is 1. The number of rotatable bonds is 3. The van der Waals surface area contributed by atoms with Crippen molar-refractivity contribution in [3.05, 3.63) is 35.4 Å². The predicted molar refractivity (Wildman–Crippen MR) is 53.4 cm³/mol. The summed E-state index contributed by atoms with van der Waals surface area (Å²) >= 11 is 0. The highest BCUT2D eigenvalue weighted by Crippen LogP contribution is 2.21. The molecular weight excluding hydrogens is 165 g/mol. The monoisotopic (exact) mass is 181 g/mol. The first kappa shape index (κ1) is 10.2. The second-order valence-corrected chi connectivity index (χ2v) is 3.53. The molecule has 1 rings (SSSR count). The largest absolute Gasteiger partial charge is 0.327 e. The van der Waals surface area contributed by atoms with Gasteiger partial charge in [-0.25, -0.2) is 4.39 Å². The third-order valence-corrected chi connectivity index (χ3v) is 2.15. The van der Waals surface area contributed by atoms with E-state index >= 15 is 0 Å². The Hall–Kier alpha value is -0.890. The van der Waals surface area contributed by atoms with Gasteiger partial charge in [0, 0.05) is 6.54 Å². The highest BCUT2D eigenvalue weighted by atomic mass is 19.1. The molecule has 2 heteroatoms. The molecule has 0 amide bonds. The van der Waals surface area contributed by atoms with E-state index in [4.69, 9.17) is 5.73 Å². The molecule has 0 saturated heterocycles. The van der Waals surface area contributed by atoms with E-state index in [0.717, 1.165) is 5.56 Å². The third-order valence-electron chi connectivity index (χ3n) is 2.15. The van der Waals surface area contributed by atoms with Crippen LogP contribution in [0.4, 0.5) is 4.39 Å². The molecule has 0 fully saturated rings. The molecule has 1 aromatic rings. The predicted octanol–water partition coefficient (Wildman–Crippen LogP) is 2.78. The van der Waals surface area contributed by atoms with E-state index in [-0.39, 0.29) is 6.54 Å². The fourth-order valence-corrected chi connectivity index (χ4v) is 1.25. The van der Waals surface area contributed by atoms with Crippen molar-refractivity contribution in [1.29, 1.82) is 0 Å². The molecule has 0 aliphatic carbocycles. The number of halogens is 1. The number of hydrogen-bond donors (Lipinski definition) is 1. The lowest BCUT2D eigenvalue weighted by Gasteiger charge is -2.09. The van der Waals surface area contributed by atoms with Crippen LogP contribution in [0.15, 0.2) is 24.3 Å². The second kappa shape index (κ2) is 4.38. The fourth-order valence-electron chi connectivity index (χ4n) is 1.25. The maximum atomic E-state index is 13.2. The van der Waals surface area contributed by atoms with E-state index in [2.05, 4.69) is 13.8 Å². The lowest BCUT2D eigenvalue weighted by molar-refractivity contribution is 0.352. The van der Waals surface area contributed by atoms with E-state index in [1.165, 1.54) is 0 Å². The van der Waals surface area contributed by atoms with Crippen LogP contribution in [0, 0.1) is 0 Å². The minimum atomic E-state index is -1.03. The molecule has 13 heavy (non-hydrogen) atoms. The van der Waals surface area contributed by atoms with Crippen LogP contribution >= 0.6 is 0 Å². The maximum Gasteiger partial charge on any atom is 0.137 e. The smallest absolute Gasteiger partial charge is 0.137 e. The topological polar surface area (TPSA) is 26.0 Å². The molecular formula is C11H16FN. The van der Waals surface area contributed by atoms with Gasteiger partial charge >= 0.3 is 0 Å². The molecule has 1 nitrogen and oxygen atoms in total. The Labute approximate surface area is 78.8 Å². The lowest BCUT2D eigenvalue weighted by Crippen LogP contribution is -2.07. The van der Waals surface area contributed by atoms with Crippen molar-refractivity contribution in [1.82, 2.24) is 0 Å². The van der Waals surface area contributed by atoms with Crippen molar-refractivity contribution in [3.63, 3.8) is 0 Å². The molecule has 0 saturated carbocycles. The standard InChI is InChI=1S/C11H16FN/c1-8(2)9-4-3-5-10(6-9)11(12)7-13/h3-6,8,11H,7,13H2,1-2H3. The van der Waals surface area contributed by atoms with Crippen molar-refractivity contribution in [3.8, 4) is 0 Å². The third kappa shape index (κ3) is 2.52. The Bertz CT molecular complexity index is 271. The van der Waals surface area contributed by atoms with Crippen LogP contribution in [0.25, 0.3) is 0 Å². The minimum absolute atomic E-state index is 0.0571. The second-order valence-electron chi connectivity index (χ2n) is 3.53. The van der Waals surface area contributed by atoms with Gasteiger partial charge in [-0.1, -0.05) is 38.1 Å². The minimum Gasteiger partial charge on any atom is -0.327 e. The Morgan fingerprint density at radius 2 is 1.92 bits per heavy atom. The summed E-state index contributed by atoms with van der Waals surface area (Å²) in [5.74, 6) is 0.435. The summed E-state index contributed by atoms with van der Waals surface area (Å²) in [5.41, 5.74) is 7.10. The van der Waals surface area contributed by atoms with Crippen molar-refractivity contribution in [2.45, 2.75) is 25.9 Å². The maximum absolute atomic E-state index is 13.2. The van der Waals surface area contributed by atoms with Crippen molar-refractivity contribution in [2.75, 3.05) is 6.54 Å². The van der Waals surface area contributed by atoms with E-state index in [1.54, 1.807) is 6.07 Å². The van der Waals surface area contributed by atoms with Crippen LogP contribution in [-0.4, -0.2) is 6.54 Å². The molecule has 2 N–H and O–H groups in total. The molecule has 72 valence electrons. The number of hydrogen-bond acceptors (Lipinski definition) is 1. The summed E-state index contributed by atoms with van der Waals surface area (Å²) < 4.78 is 13.2. The Morgan fingerprint density at radius 3 is 2.46 bits per heavy atom.